The largest absolute Gasteiger partial charge is 0.414 e. The van der Waals surface area contributed by atoms with E-state index in [1.165, 1.54) is 0 Å². The number of fused-ring (bicyclic) bond motifs is 5. The Morgan fingerprint density at radius 2 is 1.60 bits per heavy atom. The van der Waals surface area contributed by atoms with Gasteiger partial charge in [0.1, 0.15) is 0 Å². The van der Waals surface area contributed by atoms with E-state index < -0.39 is 23.8 Å². The highest BCUT2D eigenvalue weighted by Gasteiger charge is 2.62. The number of hydrogen-bond acceptors (Lipinski definition) is 2. The molecule has 4 aliphatic carbocycles. The first-order valence-corrected chi connectivity index (χ1v) is 12.3. The maximum absolute atomic E-state index is 13.2. The van der Waals surface area contributed by atoms with Gasteiger partial charge in [0.15, 0.2) is 6.10 Å². The van der Waals surface area contributed by atoms with Gasteiger partial charge in [0.05, 0.1) is 5.60 Å². The fourth-order valence-electron chi connectivity index (χ4n) is 9.07. The van der Waals surface area contributed by atoms with E-state index in [9.17, 15) is 23.4 Å². The minimum atomic E-state index is -4.53. The van der Waals surface area contributed by atoms with Gasteiger partial charge in [-0.3, -0.25) is 0 Å². The third-order valence-electron chi connectivity index (χ3n) is 11.0. The normalized spacial score (nSPS) is 50.9. The molecule has 10 atom stereocenters. The van der Waals surface area contributed by atoms with Crippen LogP contribution in [0.15, 0.2) is 0 Å². The number of rotatable bonds is 3. The second kappa shape index (κ2) is 7.37. The average molecular weight is 431 g/mol. The summed E-state index contributed by atoms with van der Waals surface area (Å²) < 4.78 is 39.7. The Labute approximate surface area is 180 Å². The number of hydrogen-bond donors (Lipinski definition) is 2. The molecule has 174 valence electrons. The van der Waals surface area contributed by atoms with E-state index in [0.717, 1.165) is 64.2 Å². The molecule has 0 radical (unpaired) electrons. The van der Waals surface area contributed by atoms with Crippen molar-refractivity contribution in [1.29, 1.82) is 0 Å². The zero-order valence-corrected chi connectivity index (χ0v) is 19.1. The minimum absolute atomic E-state index is 0.0536. The van der Waals surface area contributed by atoms with Crippen molar-refractivity contribution in [3.63, 3.8) is 0 Å². The molecule has 0 amide bonds. The van der Waals surface area contributed by atoms with Crippen LogP contribution in [0.5, 0.6) is 0 Å². The molecule has 4 rings (SSSR count). The van der Waals surface area contributed by atoms with Crippen molar-refractivity contribution in [2.24, 2.45) is 46.3 Å². The van der Waals surface area contributed by atoms with Crippen molar-refractivity contribution >= 4 is 0 Å². The van der Waals surface area contributed by atoms with E-state index in [4.69, 9.17) is 0 Å². The summed E-state index contributed by atoms with van der Waals surface area (Å²) in [4.78, 5) is 0. The van der Waals surface area contributed by atoms with E-state index in [1.54, 1.807) is 6.92 Å². The van der Waals surface area contributed by atoms with E-state index >= 15 is 0 Å². The molecule has 30 heavy (non-hydrogen) atoms. The lowest BCUT2D eigenvalue weighted by molar-refractivity contribution is -0.228. The molecule has 0 aliphatic heterocycles. The van der Waals surface area contributed by atoms with Crippen LogP contribution in [0, 0.1) is 46.3 Å². The van der Waals surface area contributed by atoms with Crippen molar-refractivity contribution in [2.75, 3.05) is 0 Å². The zero-order valence-electron chi connectivity index (χ0n) is 19.1. The summed E-state index contributed by atoms with van der Waals surface area (Å²) in [6.07, 6.45) is 3.19. The molecule has 0 unspecified atom stereocenters. The van der Waals surface area contributed by atoms with Gasteiger partial charge in [0.2, 0.25) is 0 Å². The molecule has 5 heteroatoms. The first-order chi connectivity index (χ1) is 13.9. The Bertz CT molecular complexity index is 651. The Hall–Kier alpha value is -0.290. The van der Waals surface area contributed by atoms with Gasteiger partial charge in [-0.05, 0) is 111 Å². The molecule has 0 aromatic heterocycles. The van der Waals surface area contributed by atoms with E-state index in [1.807, 2.05) is 0 Å². The number of alkyl halides is 3. The molecule has 0 saturated heterocycles. The van der Waals surface area contributed by atoms with Gasteiger partial charge in [-0.25, -0.2) is 0 Å². The van der Waals surface area contributed by atoms with Crippen molar-refractivity contribution in [3.05, 3.63) is 0 Å². The average Bonchev–Trinajstić information content (AvgIpc) is 3.04. The topological polar surface area (TPSA) is 40.5 Å². The summed E-state index contributed by atoms with van der Waals surface area (Å²) in [5.74, 6) is 1.49. The Morgan fingerprint density at radius 3 is 2.23 bits per heavy atom. The molecule has 0 spiro atoms. The molecule has 0 heterocycles. The summed E-state index contributed by atoms with van der Waals surface area (Å²) in [5, 5.41) is 20.9. The van der Waals surface area contributed by atoms with Gasteiger partial charge in [0.25, 0.3) is 0 Å². The monoisotopic (exact) mass is 430 g/mol. The number of aliphatic hydroxyl groups is 2. The van der Waals surface area contributed by atoms with Gasteiger partial charge >= 0.3 is 6.18 Å². The quantitative estimate of drug-likeness (QED) is 0.548. The second-order valence-electron chi connectivity index (χ2n) is 12.0. The van der Waals surface area contributed by atoms with Crippen molar-refractivity contribution in [3.8, 4) is 0 Å². The molecule has 0 aromatic carbocycles. The highest BCUT2D eigenvalue weighted by atomic mass is 19.4. The molecule has 0 aromatic rings. The minimum Gasteiger partial charge on any atom is -0.390 e. The Balaban J connectivity index is 1.54. The third kappa shape index (κ3) is 3.36. The lowest BCUT2D eigenvalue weighted by atomic mass is 9.43. The lowest BCUT2D eigenvalue weighted by Crippen LogP contribution is -2.56. The van der Waals surface area contributed by atoms with Crippen LogP contribution < -0.4 is 0 Å². The van der Waals surface area contributed by atoms with E-state index in [-0.39, 0.29) is 16.7 Å². The Kier molecular flexibility index (Phi) is 5.62. The third-order valence-corrected chi connectivity index (χ3v) is 11.0. The fourth-order valence-corrected chi connectivity index (χ4v) is 9.07. The standard InChI is InChI=1S/C25H41F3O2/c1-5-24(30)13-12-22(3)16(14-24)6-7-17-19-9-8-18(15(2)21(29)25(26,27)28)23(19,4)11-10-20(17)22/h15-21,29-30H,5-14H2,1-4H3/t15-,16+,17-,18+,19-,20-,21-,22-,23+,24-/m0/s1. The molecule has 4 saturated carbocycles. The lowest BCUT2D eigenvalue weighted by Gasteiger charge is -2.62. The van der Waals surface area contributed by atoms with Gasteiger partial charge in [-0.2, -0.15) is 13.2 Å². The van der Waals surface area contributed by atoms with Crippen LogP contribution in [0.3, 0.4) is 0 Å². The van der Waals surface area contributed by atoms with E-state index in [0.29, 0.717) is 23.7 Å². The molecule has 4 aliphatic rings. The molecular weight excluding hydrogens is 389 g/mol. The number of aliphatic hydroxyl groups excluding tert-OH is 1. The summed E-state index contributed by atoms with van der Waals surface area (Å²) in [6.45, 7) is 8.40. The first-order valence-electron chi connectivity index (χ1n) is 12.3. The van der Waals surface area contributed by atoms with E-state index in [2.05, 4.69) is 20.8 Å². The highest BCUT2D eigenvalue weighted by Crippen LogP contribution is 2.69. The SMILES string of the molecule is CC[C@]1(O)CC[C@@]2(C)[C@H](CC[C@@H]3[C@@H]2CC[C@]2(C)[C@@H]([C@H](C)[C@H](O)C(F)(F)F)CC[C@@H]32)C1. The predicted molar refractivity (Wildman–Crippen MR) is 112 cm³/mol. The van der Waals surface area contributed by atoms with Gasteiger partial charge in [-0.1, -0.05) is 27.7 Å². The molecule has 0 bridgehead atoms. The molecule has 4 fully saturated rings. The molecule has 2 N–H and O–H groups in total. The fraction of sp³-hybridized carbons (Fsp3) is 1.00. The maximum Gasteiger partial charge on any atom is 0.414 e. The van der Waals surface area contributed by atoms with Crippen LogP contribution in [-0.2, 0) is 0 Å². The van der Waals surface area contributed by atoms with Crippen molar-refractivity contribution in [1.82, 2.24) is 0 Å². The second-order valence-corrected chi connectivity index (χ2v) is 12.0. The number of halogens is 3. The maximum atomic E-state index is 13.2. The summed E-state index contributed by atoms with van der Waals surface area (Å²) in [7, 11) is 0. The molecule has 2 nitrogen and oxygen atoms in total. The van der Waals surface area contributed by atoms with Crippen molar-refractivity contribution in [2.45, 2.75) is 110 Å². The van der Waals surface area contributed by atoms with Crippen LogP contribution in [0.2, 0.25) is 0 Å². The van der Waals surface area contributed by atoms with Crippen LogP contribution in [-0.4, -0.2) is 28.1 Å². The Morgan fingerprint density at radius 1 is 0.933 bits per heavy atom. The van der Waals surface area contributed by atoms with Crippen LogP contribution >= 0.6 is 0 Å². The zero-order chi connectivity index (χ0) is 22.1. The first kappa shape index (κ1) is 22.9. The van der Waals surface area contributed by atoms with Crippen molar-refractivity contribution < 1.29 is 23.4 Å². The summed E-state index contributed by atoms with van der Waals surface area (Å²) >= 11 is 0. The van der Waals surface area contributed by atoms with Gasteiger partial charge in [-0.15, -0.1) is 0 Å². The summed E-state index contributed by atoms with van der Waals surface area (Å²) in [5.41, 5.74) is -0.322. The highest BCUT2D eigenvalue weighted by molar-refractivity contribution is 5.11. The smallest absolute Gasteiger partial charge is 0.390 e. The van der Waals surface area contributed by atoms with Crippen LogP contribution in [0.25, 0.3) is 0 Å². The summed E-state index contributed by atoms with van der Waals surface area (Å²) in [6, 6.07) is 0. The van der Waals surface area contributed by atoms with Gasteiger partial charge in [0, 0.05) is 0 Å². The van der Waals surface area contributed by atoms with Gasteiger partial charge < -0.3 is 10.2 Å². The van der Waals surface area contributed by atoms with Crippen LogP contribution in [0.1, 0.15) is 91.9 Å². The predicted octanol–water partition coefficient (Wildman–Crippen LogP) is 6.35. The van der Waals surface area contributed by atoms with Crippen LogP contribution in [0.4, 0.5) is 13.2 Å². The molecular formula is C25H41F3O2.